The third kappa shape index (κ3) is 15.5. The van der Waals surface area contributed by atoms with E-state index in [0.717, 1.165) is 12.8 Å². The van der Waals surface area contributed by atoms with Crippen molar-refractivity contribution in [3.05, 3.63) is 36.5 Å². The van der Waals surface area contributed by atoms with Gasteiger partial charge in [-0.15, -0.1) is 0 Å². The molecule has 0 N–H and O–H groups in total. The van der Waals surface area contributed by atoms with Gasteiger partial charge in [0.2, 0.25) is 0 Å². The highest BCUT2D eigenvalue weighted by Gasteiger charge is 1.96. The van der Waals surface area contributed by atoms with Crippen molar-refractivity contribution in [1.29, 1.82) is 0 Å². The molecule has 0 rings (SSSR count). The molecule has 0 aliphatic rings. The lowest BCUT2D eigenvalue weighted by atomic mass is 10.1. The molecule has 0 aromatic carbocycles. The third-order valence-corrected chi connectivity index (χ3v) is 2.34. The fourth-order valence-electron chi connectivity index (χ4n) is 1.35. The van der Waals surface area contributed by atoms with Crippen molar-refractivity contribution in [1.82, 2.24) is 0 Å². The minimum absolute atomic E-state index is 0.225. The molecular formula is C19H22O3. The van der Waals surface area contributed by atoms with Gasteiger partial charge in [-0.2, -0.15) is 0 Å². The lowest BCUT2D eigenvalue weighted by molar-refractivity contribution is -0.139. The Morgan fingerprint density at radius 2 is 1.73 bits per heavy atom. The van der Waals surface area contributed by atoms with E-state index in [2.05, 4.69) is 23.7 Å². The van der Waals surface area contributed by atoms with Crippen LogP contribution in [-0.2, 0) is 14.3 Å². The standard InChI is InChI=1S/C19H22O3/c1-3-15-19(21)16-13-11-9-7-5-4-6-8-10-12-14-17-22-18(2)20/h5,7,9,11-12,14H,3,13,15-17H2,1-2H3/b7-5+,11-9+,14-12+. The minimum Gasteiger partial charge on any atom is -0.462 e. The normalized spacial score (nSPS) is 10.3. The first-order valence-electron chi connectivity index (χ1n) is 7.29. The zero-order valence-corrected chi connectivity index (χ0v) is 13.2. The molecule has 0 fully saturated rings. The number of allylic oxidation sites excluding steroid dienone is 5. The number of ether oxygens (including phenoxy) is 1. The van der Waals surface area contributed by atoms with Gasteiger partial charge < -0.3 is 4.74 Å². The Bertz CT molecular complexity index is 543. The maximum Gasteiger partial charge on any atom is 0.302 e. The summed E-state index contributed by atoms with van der Waals surface area (Å²) in [4.78, 5) is 21.7. The van der Waals surface area contributed by atoms with Crippen LogP contribution in [0.1, 0.15) is 39.5 Å². The minimum atomic E-state index is -0.315. The van der Waals surface area contributed by atoms with Gasteiger partial charge in [-0.3, -0.25) is 9.59 Å². The summed E-state index contributed by atoms with van der Waals surface area (Å²) in [6.45, 7) is 3.59. The topological polar surface area (TPSA) is 43.4 Å². The maximum absolute atomic E-state index is 11.3. The molecule has 116 valence electrons. The lowest BCUT2D eigenvalue weighted by Gasteiger charge is -1.93. The van der Waals surface area contributed by atoms with Crippen LogP contribution in [0.15, 0.2) is 36.5 Å². The van der Waals surface area contributed by atoms with Gasteiger partial charge in [0.05, 0.1) is 0 Å². The molecule has 0 saturated carbocycles. The average Bonchev–Trinajstić information content (AvgIpc) is 2.47. The Balaban J connectivity index is 3.82. The number of rotatable bonds is 8. The highest BCUT2D eigenvalue weighted by atomic mass is 16.5. The first kappa shape index (κ1) is 19.5. The summed E-state index contributed by atoms with van der Waals surface area (Å²) in [6.07, 6.45) is 13.5. The summed E-state index contributed by atoms with van der Waals surface area (Å²) in [7, 11) is 0. The largest absolute Gasteiger partial charge is 0.462 e. The Kier molecular flexibility index (Phi) is 13.2. The number of Topliss-reactive ketones (excluding diaryl/α,β-unsaturated/α-hetero) is 1. The van der Waals surface area contributed by atoms with Crippen LogP contribution in [0, 0.1) is 23.7 Å². The van der Waals surface area contributed by atoms with Crippen LogP contribution in [-0.4, -0.2) is 18.4 Å². The van der Waals surface area contributed by atoms with E-state index in [0.29, 0.717) is 18.6 Å². The molecule has 0 amide bonds. The molecule has 0 aliphatic carbocycles. The van der Waals surface area contributed by atoms with Gasteiger partial charge in [-0.25, -0.2) is 0 Å². The fourth-order valence-corrected chi connectivity index (χ4v) is 1.35. The van der Waals surface area contributed by atoms with Crippen LogP contribution in [0.3, 0.4) is 0 Å². The summed E-state index contributed by atoms with van der Waals surface area (Å²) < 4.78 is 4.69. The first-order chi connectivity index (χ1) is 10.7. The molecule has 3 nitrogen and oxygen atoms in total. The highest BCUT2D eigenvalue weighted by Crippen LogP contribution is 1.98. The van der Waals surface area contributed by atoms with Crippen LogP contribution in [0.4, 0.5) is 0 Å². The maximum atomic E-state index is 11.3. The van der Waals surface area contributed by atoms with Crippen LogP contribution in [0.25, 0.3) is 0 Å². The van der Waals surface area contributed by atoms with Gasteiger partial charge in [0.25, 0.3) is 0 Å². The van der Waals surface area contributed by atoms with Crippen molar-refractivity contribution in [3.63, 3.8) is 0 Å². The highest BCUT2D eigenvalue weighted by molar-refractivity contribution is 5.78. The van der Waals surface area contributed by atoms with E-state index in [1.54, 1.807) is 18.2 Å². The number of hydrogen-bond acceptors (Lipinski definition) is 3. The zero-order valence-electron chi connectivity index (χ0n) is 13.2. The van der Waals surface area contributed by atoms with Crippen molar-refractivity contribution in [2.75, 3.05) is 6.61 Å². The molecule has 0 saturated heterocycles. The smallest absolute Gasteiger partial charge is 0.302 e. The van der Waals surface area contributed by atoms with Crippen LogP contribution < -0.4 is 0 Å². The second-order valence-corrected chi connectivity index (χ2v) is 4.36. The Hall–Kier alpha value is -2.52. The van der Waals surface area contributed by atoms with E-state index in [4.69, 9.17) is 4.74 Å². The van der Waals surface area contributed by atoms with E-state index in [1.165, 1.54) is 6.92 Å². The predicted molar refractivity (Wildman–Crippen MR) is 88.8 cm³/mol. The van der Waals surface area contributed by atoms with E-state index >= 15 is 0 Å². The molecule has 0 aliphatic heterocycles. The Morgan fingerprint density at radius 3 is 2.41 bits per heavy atom. The molecule has 0 atom stereocenters. The summed E-state index contributed by atoms with van der Waals surface area (Å²) >= 11 is 0. The summed E-state index contributed by atoms with van der Waals surface area (Å²) in [5, 5.41) is 0. The van der Waals surface area contributed by atoms with Crippen LogP contribution in [0.5, 0.6) is 0 Å². The Labute approximate surface area is 133 Å². The molecule has 0 spiro atoms. The molecule has 0 aromatic rings. The summed E-state index contributed by atoms with van der Waals surface area (Å²) in [6, 6.07) is 0. The average molecular weight is 298 g/mol. The molecule has 0 radical (unpaired) electrons. The SMILES string of the molecule is CCCC(=O)CC/C=C/C=C/C#CC#C/C=C/COC(C)=O. The molecule has 0 bridgehead atoms. The second kappa shape index (κ2) is 14.9. The van der Waals surface area contributed by atoms with Gasteiger partial charge >= 0.3 is 5.97 Å². The van der Waals surface area contributed by atoms with Crippen molar-refractivity contribution in [2.24, 2.45) is 0 Å². The van der Waals surface area contributed by atoms with E-state index in [-0.39, 0.29) is 12.6 Å². The van der Waals surface area contributed by atoms with Gasteiger partial charge in [0.15, 0.2) is 0 Å². The van der Waals surface area contributed by atoms with Crippen molar-refractivity contribution in [2.45, 2.75) is 39.5 Å². The molecule has 0 aromatic heterocycles. The number of hydrogen-bond donors (Lipinski definition) is 0. The number of esters is 1. The van der Waals surface area contributed by atoms with Gasteiger partial charge in [0.1, 0.15) is 12.4 Å². The second-order valence-electron chi connectivity index (χ2n) is 4.36. The summed E-state index contributed by atoms with van der Waals surface area (Å²) in [5.41, 5.74) is 0. The molecule has 0 unspecified atom stereocenters. The Morgan fingerprint density at radius 1 is 1.00 bits per heavy atom. The van der Waals surface area contributed by atoms with E-state index < -0.39 is 0 Å². The van der Waals surface area contributed by atoms with Crippen molar-refractivity contribution >= 4 is 11.8 Å². The zero-order chi connectivity index (χ0) is 16.5. The number of ketones is 1. The van der Waals surface area contributed by atoms with Gasteiger partial charge in [0, 0.05) is 19.8 Å². The lowest BCUT2D eigenvalue weighted by Crippen LogP contribution is -1.96. The number of carbonyl (C=O) groups is 2. The fraction of sp³-hybridized carbons (Fsp3) is 0.368. The van der Waals surface area contributed by atoms with Crippen LogP contribution >= 0.6 is 0 Å². The van der Waals surface area contributed by atoms with Crippen molar-refractivity contribution in [3.8, 4) is 23.7 Å². The molecule has 0 heterocycles. The van der Waals surface area contributed by atoms with Gasteiger partial charge in [-0.05, 0) is 42.9 Å². The first-order valence-corrected chi connectivity index (χ1v) is 7.29. The monoisotopic (exact) mass is 298 g/mol. The van der Waals surface area contributed by atoms with E-state index in [9.17, 15) is 9.59 Å². The number of carbonyl (C=O) groups excluding carboxylic acids is 2. The molecule has 3 heteroatoms. The van der Waals surface area contributed by atoms with Crippen molar-refractivity contribution < 1.29 is 14.3 Å². The van der Waals surface area contributed by atoms with Crippen LogP contribution in [0.2, 0.25) is 0 Å². The molecule has 22 heavy (non-hydrogen) atoms. The molecular weight excluding hydrogens is 276 g/mol. The quantitative estimate of drug-likeness (QED) is 0.392. The predicted octanol–water partition coefficient (Wildman–Crippen LogP) is 3.37. The third-order valence-electron chi connectivity index (χ3n) is 2.34. The summed E-state index contributed by atoms with van der Waals surface area (Å²) in [5.74, 6) is 10.8. The van der Waals surface area contributed by atoms with Gasteiger partial charge in [-0.1, -0.05) is 37.0 Å². The van der Waals surface area contributed by atoms with E-state index in [1.807, 2.05) is 25.2 Å².